The zero-order valence-electron chi connectivity index (χ0n) is 17.0. The van der Waals surface area contributed by atoms with Crippen LogP contribution in [0.5, 0.6) is 11.5 Å². The summed E-state index contributed by atoms with van der Waals surface area (Å²) in [6.07, 6.45) is 1.17. The number of hydrogen-bond acceptors (Lipinski definition) is 6. The molecule has 1 saturated carbocycles. The number of aromatic nitrogens is 1. The van der Waals surface area contributed by atoms with E-state index in [1.54, 1.807) is 48.5 Å². The fourth-order valence-corrected chi connectivity index (χ4v) is 5.63. The molecule has 1 aromatic heterocycles. The normalized spacial score (nSPS) is 30.3. The van der Waals surface area contributed by atoms with E-state index in [0.717, 1.165) is 4.47 Å². The van der Waals surface area contributed by atoms with Crippen LogP contribution in [-0.4, -0.2) is 39.5 Å². The maximum absolute atomic E-state index is 12.5. The van der Waals surface area contributed by atoms with Crippen LogP contribution in [0.2, 0.25) is 0 Å². The van der Waals surface area contributed by atoms with E-state index in [9.17, 15) is 20.1 Å². The molecule has 0 radical (unpaired) electrons. The zero-order chi connectivity index (χ0) is 22.7. The molecule has 5 rings (SSSR count). The molecule has 0 spiro atoms. The zero-order valence-corrected chi connectivity index (χ0v) is 18.6. The van der Waals surface area contributed by atoms with Gasteiger partial charge in [-0.05, 0) is 23.3 Å². The van der Waals surface area contributed by atoms with Crippen LogP contribution in [0.4, 0.5) is 0 Å². The van der Waals surface area contributed by atoms with E-state index in [1.165, 1.54) is 19.5 Å². The molecule has 1 aliphatic heterocycles. The second-order valence-electron chi connectivity index (χ2n) is 8.02. The molecule has 0 saturated heterocycles. The molecule has 1 fully saturated rings. The van der Waals surface area contributed by atoms with Gasteiger partial charge in [-0.2, -0.15) is 0 Å². The number of nitrogens with zero attached hydrogens (tertiary/aromatic N) is 1. The Balaban J connectivity index is 1.89. The maximum Gasteiger partial charge on any atom is 0.310 e. The first kappa shape index (κ1) is 20.9. The number of methoxy groups -OCH3 is 1. The highest BCUT2D eigenvalue weighted by Gasteiger charge is 2.78. The topological polar surface area (TPSA) is 109 Å². The van der Waals surface area contributed by atoms with E-state index in [-0.39, 0.29) is 17.1 Å². The molecule has 0 bridgehead atoms. The van der Waals surface area contributed by atoms with Gasteiger partial charge in [0.15, 0.2) is 11.2 Å². The molecule has 3 N–H and O–H groups in total. The molecular formula is C24H20BrNO6. The minimum absolute atomic E-state index is 0.190. The van der Waals surface area contributed by atoms with Crippen molar-refractivity contribution in [2.24, 2.45) is 5.92 Å². The number of ether oxygens (including phenoxy) is 2. The second-order valence-corrected chi connectivity index (χ2v) is 8.94. The Hall–Kier alpha value is -2.94. The predicted octanol–water partition coefficient (Wildman–Crippen LogP) is 3.19. The standard InChI is InChI=1S/C24H20BrNO6/c1-31-16-11-26-12-17-20(16)23(30)21(27)18(22(28)29)19(13-5-3-2-4-6-13)24(23,32-17)14-7-9-15(25)10-8-14/h2-12,18-19,21,27,30H,1H3,(H,28,29)/t18-,19?,21-,23+,24?/m1/s1. The third kappa shape index (κ3) is 2.54. The van der Waals surface area contributed by atoms with Crippen molar-refractivity contribution in [3.8, 4) is 11.5 Å². The summed E-state index contributed by atoms with van der Waals surface area (Å²) in [7, 11) is 1.42. The third-order valence-electron chi connectivity index (χ3n) is 6.60. The van der Waals surface area contributed by atoms with Crippen molar-refractivity contribution < 1.29 is 29.6 Å². The lowest BCUT2D eigenvalue weighted by Gasteiger charge is -2.40. The van der Waals surface area contributed by atoms with Crippen LogP contribution in [0.1, 0.15) is 22.6 Å². The van der Waals surface area contributed by atoms with Gasteiger partial charge in [0, 0.05) is 10.4 Å². The van der Waals surface area contributed by atoms with Gasteiger partial charge in [-0.25, -0.2) is 0 Å². The van der Waals surface area contributed by atoms with Gasteiger partial charge in [-0.3, -0.25) is 9.78 Å². The molecular weight excluding hydrogens is 478 g/mol. The van der Waals surface area contributed by atoms with Crippen LogP contribution in [0.15, 0.2) is 71.5 Å². The van der Waals surface area contributed by atoms with Gasteiger partial charge < -0.3 is 24.8 Å². The summed E-state index contributed by atoms with van der Waals surface area (Å²) in [5.41, 5.74) is -2.42. The lowest BCUT2D eigenvalue weighted by Crippen LogP contribution is -2.52. The van der Waals surface area contributed by atoms with E-state index in [2.05, 4.69) is 20.9 Å². The number of fused-ring (bicyclic) bond motifs is 3. The summed E-state index contributed by atoms with van der Waals surface area (Å²) in [5.74, 6) is -3.06. The molecule has 0 amide bonds. The van der Waals surface area contributed by atoms with Crippen molar-refractivity contribution >= 4 is 21.9 Å². The van der Waals surface area contributed by atoms with Gasteiger partial charge in [0.1, 0.15) is 17.6 Å². The Kier molecular flexibility index (Phi) is 4.77. The Morgan fingerprint density at radius 3 is 2.44 bits per heavy atom. The maximum atomic E-state index is 12.5. The van der Waals surface area contributed by atoms with Crippen LogP contribution in [0.25, 0.3) is 0 Å². The molecule has 2 unspecified atom stereocenters. The number of benzene rings is 2. The molecule has 1 aliphatic carbocycles. The average molecular weight is 498 g/mol. The first-order valence-electron chi connectivity index (χ1n) is 10.0. The molecule has 5 atom stereocenters. The number of aliphatic carboxylic acids is 1. The molecule has 32 heavy (non-hydrogen) atoms. The third-order valence-corrected chi connectivity index (χ3v) is 7.13. The molecule has 3 aromatic rings. The summed E-state index contributed by atoms with van der Waals surface area (Å²) in [4.78, 5) is 16.6. The Bertz CT molecular complexity index is 1190. The average Bonchev–Trinajstić information content (AvgIpc) is 3.18. The number of carbonyl (C=O) groups is 1. The van der Waals surface area contributed by atoms with Gasteiger partial charge in [0.25, 0.3) is 0 Å². The molecule has 7 nitrogen and oxygen atoms in total. The van der Waals surface area contributed by atoms with Gasteiger partial charge in [-0.1, -0.05) is 58.4 Å². The number of carboxylic acids is 1. The number of rotatable bonds is 4. The summed E-state index contributed by atoms with van der Waals surface area (Å²) >= 11 is 3.42. The summed E-state index contributed by atoms with van der Waals surface area (Å²) < 4.78 is 12.7. The highest BCUT2D eigenvalue weighted by Crippen LogP contribution is 2.69. The van der Waals surface area contributed by atoms with E-state index >= 15 is 0 Å². The number of aliphatic hydroxyl groups is 2. The number of hydrogen-bond donors (Lipinski definition) is 3. The van der Waals surface area contributed by atoms with Gasteiger partial charge >= 0.3 is 5.97 Å². The first-order chi connectivity index (χ1) is 15.4. The predicted molar refractivity (Wildman–Crippen MR) is 117 cm³/mol. The SMILES string of the molecule is COc1cncc2c1[C@]1(O)[C@H](O)[C@H](C(=O)O)C(c3ccccc3)C1(c1ccc(Br)cc1)O2. The van der Waals surface area contributed by atoms with Crippen LogP contribution in [0.3, 0.4) is 0 Å². The fraction of sp³-hybridized carbons (Fsp3) is 0.250. The molecule has 2 heterocycles. The fourth-order valence-electron chi connectivity index (χ4n) is 5.37. The summed E-state index contributed by atoms with van der Waals surface area (Å²) in [6.45, 7) is 0. The van der Waals surface area contributed by atoms with Crippen molar-refractivity contribution in [2.45, 2.75) is 23.2 Å². The number of carboxylic acid groups (broad SMARTS) is 1. The van der Waals surface area contributed by atoms with Crippen molar-refractivity contribution in [1.82, 2.24) is 4.98 Å². The molecule has 8 heteroatoms. The van der Waals surface area contributed by atoms with Crippen molar-refractivity contribution in [3.05, 3.63) is 88.2 Å². The number of pyridine rings is 1. The van der Waals surface area contributed by atoms with Crippen molar-refractivity contribution in [1.29, 1.82) is 0 Å². The Morgan fingerprint density at radius 2 is 1.81 bits per heavy atom. The number of aliphatic hydroxyl groups excluding tert-OH is 1. The van der Waals surface area contributed by atoms with Crippen LogP contribution in [-0.2, 0) is 16.0 Å². The van der Waals surface area contributed by atoms with Gasteiger partial charge in [-0.15, -0.1) is 0 Å². The first-order valence-corrected chi connectivity index (χ1v) is 10.8. The smallest absolute Gasteiger partial charge is 0.310 e. The largest absolute Gasteiger partial charge is 0.495 e. The highest BCUT2D eigenvalue weighted by molar-refractivity contribution is 9.10. The Morgan fingerprint density at radius 1 is 1.12 bits per heavy atom. The van der Waals surface area contributed by atoms with Gasteiger partial charge in [0.05, 0.1) is 31.0 Å². The van der Waals surface area contributed by atoms with E-state index < -0.39 is 35.1 Å². The Labute approximate surface area is 192 Å². The van der Waals surface area contributed by atoms with Crippen LogP contribution >= 0.6 is 15.9 Å². The molecule has 2 aliphatic rings. The minimum atomic E-state index is -2.12. The summed E-state index contributed by atoms with van der Waals surface area (Å²) in [6, 6.07) is 16.0. The molecule has 164 valence electrons. The lowest BCUT2D eigenvalue weighted by molar-refractivity contribution is -0.159. The van der Waals surface area contributed by atoms with Crippen LogP contribution < -0.4 is 9.47 Å². The van der Waals surface area contributed by atoms with E-state index in [1.807, 2.05) is 6.07 Å². The minimum Gasteiger partial charge on any atom is -0.495 e. The van der Waals surface area contributed by atoms with E-state index in [4.69, 9.17) is 9.47 Å². The lowest BCUT2D eigenvalue weighted by atomic mass is 9.70. The van der Waals surface area contributed by atoms with Crippen molar-refractivity contribution in [2.75, 3.05) is 7.11 Å². The second kappa shape index (κ2) is 7.30. The number of halogens is 1. The van der Waals surface area contributed by atoms with Crippen LogP contribution in [0, 0.1) is 5.92 Å². The quantitative estimate of drug-likeness (QED) is 0.507. The highest BCUT2D eigenvalue weighted by atomic mass is 79.9. The monoisotopic (exact) mass is 497 g/mol. The molecule has 2 aromatic carbocycles. The van der Waals surface area contributed by atoms with E-state index in [0.29, 0.717) is 11.1 Å². The summed E-state index contributed by atoms with van der Waals surface area (Å²) in [5, 5.41) is 34.0. The van der Waals surface area contributed by atoms with Crippen molar-refractivity contribution in [3.63, 3.8) is 0 Å². The van der Waals surface area contributed by atoms with Gasteiger partial charge in [0.2, 0.25) is 0 Å².